The van der Waals surface area contributed by atoms with Crippen molar-refractivity contribution in [1.82, 2.24) is 10.2 Å². The van der Waals surface area contributed by atoms with E-state index in [1.165, 1.54) is 0 Å². The molecule has 0 unspecified atom stereocenters. The summed E-state index contributed by atoms with van der Waals surface area (Å²) in [5.74, 6) is -0.873. The van der Waals surface area contributed by atoms with Crippen molar-refractivity contribution < 1.29 is 24.2 Å². The number of carboxylic acid groups (broad SMARTS) is 1. The number of carbonyl (C=O) groups excluding carboxylic acids is 2. The largest absolute Gasteiger partial charge is 0.493 e. The highest BCUT2D eigenvalue weighted by Crippen LogP contribution is 2.19. The maximum atomic E-state index is 12.4. The normalized spacial score (nSPS) is 16.9. The summed E-state index contributed by atoms with van der Waals surface area (Å²) in [6, 6.07) is 8.48. The Balaban J connectivity index is 1.74. The summed E-state index contributed by atoms with van der Waals surface area (Å²) in [7, 11) is 0. The van der Waals surface area contributed by atoms with Crippen LogP contribution < -0.4 is 10.1 Å². The average molecular weight is 390 g/mol. The Morgan fingerprint density at radius 1 is 1.21 bits per heavy atom. The number of para-hydroxylation sites is 1. The highest BCUT2D eigenvalue weighted by molar-refractivity contribution is 5.85. The Kier molecular flexibility index (Phi) is 8.29. The highest BCUT2D eigenvalue weighted by Gasteiger charge is 2.31. The molecule has 0 radical (unpaired) electrons. The van der Waals surface area contributed by atoms with Crippen LogP contribution in [0.5, 0.6) is 5.75 Å². The molecule has 1 heterocycles. The number of aliphatic carboxylic acids is 1. The molecule has 1 fully saturated rings. The van der Waals surface area contributed by atoms with E-state index in [0.29, 0.717) is 45.4 Å². The van der Waals surface area contributed by atoms with Gasteiger partial charge in [0.15, 0.2) is 0 Å². The third-order valence-corrected chi connectivity index (χ3v) is 5.32. The van der Waals surface area contributed by atoms with Gasteiger partial charge in [0.1, 0.15) is 11.8 Å². The smallest absolute Gasteiger partial charge is 0.326 e. The number of benzene rings is 1. The van der Waals surface area contributed by atoms with Crippen LogP contribution >= 0.6 is 0 Å². The molecule has 1 aliphatic rings. The first-order valence-corrected chi connectivity index (χ1v) is 9.91. The Hall–Kier alpha value is -2.57. The summed E-state index contributed by atoms with van der Waals surface area (Å²) in [6.07, 6.45) is 2.06. The molecule has 2 N–H and O–H groups in total. The van der Waals surface area contributed by atoms with Gasteiger partial charge in [-0.1, -0.05) is 38.5 Å². The van der Waals surface area contributed by atoms with Gasteiger partial charge in [-0.2, -0.15) is 0 Å². The Bertz CT molecular complexity index is 656. The fraction of sp³-hybridized carbons (Fsp3) is 0.571. The molecule has 1 aromatic carbocycles. The van der Waals surface area contributed by atoms with Crippen LogP contribution in [0.15, 0.2) is 30.3 Å². The lowest BCUT2D eigenvalue weighted by atomic mass is 9.93. The van der Waals surface area contributed by atoms with Crippen molar-refractivity contribution in [3.8, 4) is 5.75 Å². The van der Waals surface area contributed by atoms with E-state index >= 15 is 0 Å². The number of carboxylic acids is 1. The number of hydrogen-bond acceptors (Lipinski definition) is 4. The number of likely N-dealkylation sites (tertiary alicyclic amines) is 1. The number of nitrogens with zero attached hydrogens (tertiary/aromatic N) is 1. The Morgan fingerprint density at radius 2 is 1.86 bits per heavy atom. The van der Waals surface area contributed by atoms with Crippen molar-refractivity contribution in [1.29, 1.82) is 0 Å². The standard InChI is InChI=1S/C21H30N2O5/c1-3-15(2)19(21(26)27)22-20(25)16-9-12-23(13-10-16)18(24)11-14-28-17-7-5-4-6-8-17/h4-8,15-16,19H,3,9-14H2,1-2H3,(H,22,25)(H,26,27)/t15-,19-/m0/s1. The van der Waals surface area contributed by atoms with Gasteiger partial charge >= 0.3 is 5.97 Å². The van der Waals surface area contributed by atoms with E-state index in [0.717, 1.165) is 5.75 Å². The van der Waals surface area contributed by atoms with Crippen molar-refractivity contribution in [3.63, 3.8) is 0 Å². The van der Waals surface area contributed by atoms with Gasteiger partial charge in [-0.05, 0) is 30.9 Å². The van der Waals surface area contributed by atoms with Crippen LogP contribution in [0.1, 0.15) is 39.5 Å². The summed E-state index contributed by atoms with van der Waals surface area (Å²) >= 11 is 0. The van der Waals surface area contributed by atoms with Gasteiger partial charge in [-0.25, -0.2) is 4.79 Å². The van der Waals surface area contributed by atoms with E-state index < -0.39 is 12.0 Å². The van der Waals surface area contributed by atoms with Crippen molar-refractivity contribution in [2.75, 3.05) is 19.7 Å². The predicted octanol–water partition coefficient (Wildman–Crippen LogP) is 2.31. The van der Waals surface area contributed by atoms with Gasteiger partial charge in [-0.15, -0.1) is 0 Å². The number of amides is 2. The van der Waals surface area contributed by atoms with E-state index in [9.17, 15) is 19.5 Å². The zero-order valence-electron chi connectivity index (χ0n) is 16.6. The van der Waals surface area contributed by atoms with Crippen molar-refractivity contribution in [2.45, 2.75) is 45.6 Å². The second kappa shape index (κ2) is 10.7. The molecule has 0 aliphatic carbocycles. The predicted molar refractivity (Wildman–Crippen MR) is 105 cm³/mol. The lowest BCUT2D eigenvalue weighted by Gasteiger charge is -2.32. The Labute approximate surface area is 166 Å². The molecule has 0 bridgehead atoms. The Morgan fingerprint density at radius 3 is 2.43 bits per heavy atom. The summed E-state index contributed by atoms with van der Waals surface area (Å²) in [5.41, 5.74) is 0. The molecule has 2 rings (SSSR count). The van der Waals surface area contributed by atoms with E-state index in [1.807, 2.05) is 44.2 Å². The second-order valence-electron chi connectivity index (χ2n) is 7.28. The molecule has 7 nitrogen and oxygen atoms in total. The van der Waals surface area contributed by atoms with Crippen LogP contribution in [0.4, 0.5) is 0 Å². The number of nitrogens with one attached hydrogen (secondary N) is 1. The zero-order valence-corrected chi connectivity index (χ0v) is 16.6. The molecule has 2 amide bonds. The number of rotatable bonds is 9. The summed E-state index contributed by atoms with van der Waals surface area (Å²) in [4.78, 5) is 37.9. The summed E-state index contributed by atoms with van der Waals surface area (Å²) < 4.78 is 5.56. The number of carbonyl (C=O) groups is 3. The van der Waals surface area contributed by atoms with Crippen molar-refractivity contribution >= 4 is 17.8 Å². The monoisotopic (exact) mass is 390 g/mol. The van der Waals surface area contributed by atoms with Crippen LogP contribution in [0.25, 0.3) is 0 Å². The van der Waals surface area contributed by atoms with Crippen LogP contribution in [0.3, 0.4) is 0 Å². The quantitative estimate of drug-likeness (QED) is 0.675. The topological polar surface area (TPSA) is 95.9 Å². The minimum absolute atomic E-state index is 0.0119. The molecule has 1 saturated heterocycles. The molecular weight excluding hydrogens is 360 g/mol. The van der Waals surface area contributed by atoms with E-state index in [4.69, 9.17) is 4.74 Å². The minimum Gasteiger partial charge on any atom is -0.493 e. The first kappa shape index (κ1) is 21.7. The van der Waals surface area contributed by atoms with Gasteiger partial charge in [0.25, 0.3) is 0 Å². The van der Waals surface area contributed by atoms with E-state index in [2.05, 4.69) is 5.32 Å². The molecule has 28 heavy (non-hydrogen) atoms. The summed E-state index contributed by atoms with van der Waals surface area (Å²) in [5, 5.41) is 12.0. The average Bonchev–Trinajstić information content (AvgIpc) is 2.71. The number of ether oxygens (including phenoxy) is 1. The zero-order chi connectivity index (χ0) is 20.5. The molecule has 154 valence electrons. The van der Waals surface area contributed by atoms with Crippen LogP contribution in [-0.2, 0) is 14.4 Å². The van der Waals surface area contributed by atoms with Gasteiger partial charge in [0.2, 0.25) is 11.8 Å². The van der Waals surface area contributed by atoms with Gasteiger partial charge in [0.05, 0.1) is 13.0 Å². The molecule has 0 spiro atoms. The van der Waals surface area contributed by atoms with Crippen LogP contribution in [-0.4, -0.2) is 53.5 Å². The maximum absolute atomic E-state index is 12.4. The van der Waals surface area contributed by atoms with Gasteiger partial charge < -0.3 is 20.1 Å². The second-order valence-corrected chi connectivity index (χ2v) is 7.28. The van der Waals surface area contributed by atoms with Crippen LogP contribution in [0.2, 0.25) is 0 Å². The highest BCUT2D eigenvalue weighted by atomic mass is 16.5. The fourth-order valence-corrected chi connectivity index (χ4v) is 3.28. The SMILES string of the molecule is CC[C@H](C)[C@H](NC(=O)C1CCN(C(=O)CCOc2ccccc2)CC1)C(=O)O. The first-order chi connectivity index (χ1) is 13.4. The number of hydrogen-bond donors (Lipinski definition) is 2. The molecular formula is C21H30N2O5. The molecule has 7 heteroatoms. The van der Waals surface area contributed by atoms with Gasteiger partial charge in [0, 0.05) is 19.0 Å². The lowest BCUT2D eigenvalue weighted by Crippen LogP contribution is -2.49. The van der Waals surface area contributed by atoms with Gasteiger partial charge in [-0.3, -0.25) is 9.59 Å². The molecule has 0 aromatic heterocycles. The molecule has 1 aromatic rings. The molecule has 0 saturated carbocycles. The molecule has 1 aliphatic heterocycles. The maximum Gasteiger partial charge on any atom is 0.326 e. The lowest BCUT2D eigenvalue weighted by molar-refractivity contribution is -0.144. The molecule has 2 atom stereocenters. The van der Waals surface area contributed by atoms with E-state index in [-0.39, 0.29) is 23.7 Å². The summed E-state index contributed by atoms with van der Waals surface area (Å²) in [6.45, 7) is 5.04. The van der Waals surface area contributed by atoms with E-state index in [1.54, 1.807) is 4.90 Å². The fourth-order valence-electron chi connectivity index (χ4n) is 3.28. The van der Waals surface area contributed by atoms with Crippen molar-refractivity contribution in [2.24, 2.45) is 11.8 Å². The van der Waals surface area contributed by atoms with Crippen molar-refractivity contribution in [3.05, 3.63) is 30.3 Å². The first-order valence-electron chi connectivity index (χ1n) is 9.91. The van der Waals surface area contributed by atoms with Crippen LogP contribution in [0, 0.1) is 11.8 Å². The minimum atomic E-state index is -1.01. The third kappa shape index (κ3) is 6.25. The number of piperidine rings is 1. The third-order valence-electron chi connectivity index (χ3n) is 5.32.